The minimum atomic E-state index is -0.971. The molecule has 1 aromatic rings. The molecule has 7 heteroatoms. The van der Waals surface area contributed by atoms with Crippen LogP contribution in [0.25, 0.3) is 5.57 Å². The molecule has 132 valence electrons. The van der Waals surface area contributed by atoms with Crippen molar-refractivity contribution in [3.63, 3.8) is 0 Å². The fraction of sp³-hybridized carbons (Fsp3) is 0.706. The van der Waals surface area contributed by atoms with Gasteiger partial charge in [-0.3, -0.25) is 4.68 Å². The van der Waals surface area contributed by atoms with E-state index >= 15 is 0 Å². The molecule has 3 heterocycles. The van der Waals surface area contributed by atoms with Gasteiger partial charge in [-0.1, -0.05) is 0 Å². The van der Waals surface area contributed by atoms with E-state index in [1.165, 1.54) is 0 Å². The molecular formula is C17H26BFN2O3. The Morgan fingerprint density at radius 3 is 2.38 bits per heavy atom. The summed E-state index contributed by atoms with van der Waals surface area (Å²) in [7, 11) is -0.971. The average Bonchev–Trinajstić information content (AvgIpc) is 3.10. The molecule has 0 spiro atoms. The van der Waals surface area contributed by atoms with Crippen molar-refractivity contribution in [2.24, 2.45) is 0 Å². The maximum absolute atomic E-state index is 14.9. The van der Waals surface area contributed by atoms with E-state index in [0.29, 0.717) is 11.6 Å². The molecule has 0 bridgehead atoms. The van der Waals surface area contributed by atoms with Crippen LogP contribution < -0.4 is 0 Å². The summed E-state index contributed by atoms with van der Waals surface area (Å²) in [6.07, 6.45) is 5.47. The largest absolute Gasteiger partial charge is 0.525 e. The van der Waals surface area contributed by atoms with E-state index in [1.54, 1.807) is 13.1 Å². The lowest BCUT2D eigenvalue weighted by Crippen LogP contribution is -2.41. The molecule has 0 amide bonds. The zero-order chi connectivity index (χ0) is 17.5. The molecule has 2 aliphatic heterocycles. The van der Waals surface area contributed by atoms with Crippen molar-refractivity contribution in [1.82, 2.24) is 9.78 Å². The van der Waals surface area contributed by atoms with Crippen LogP contribution in [0, 0.1) is 0 Å². The molecule has 24 heavy (non-hydrogen) atoms. The minimum Gasteiger partial charge on any atom is -0.398 e. The predicted molar refractivity (Wildman–Crippen MR) is 91.1 cm³/mol. The number of hydrogen-bond acceptors (Lipinski definition) is 4. The van der Waals surface area contributed by atoms with E-state index < -0.39 is 18.3 Å². The lowest BCUT2D eigenvalue weighted by atomic mass is 9.84. The Morgan fingerprint density at radius 1 is 1.21 bits per heavy atom. The maximum atomic E-state index is 14.9. The second kappa shape index (κ2) is 6.28. The lowest BCUT2D eigenvalue weighted by molar-refractivity contribution is 0.00578. The smallest absolute Gasteiger partial charge is 0.398 e. The van der Waals surface area contributed by atoms with Gasteiger partial charge < -0.3 is 14.0 Å². The summed E-state index contributed by atoms with van der Waals surface area (Å²) in [5, 5.41) is 4.41. The van der Waals surface area contributed by atoms with Gasteiger partial charge in [-0.25, -0.2) is 4.39 Å². The van der Waals surface area contributed by atoms with Gasteiger partial charge in [0.15, 0.2) is 0 Å². The topological polar surface area (TPSA) is 45.5 Å². The Labute approximate surface area is 143 Å². The number of allylic oxidation sites excluding steroid dienone is 1. The van der Waals surface area contributed by atoms with Crippen LogP contribution in [0.5, 0.6) is 0 Å². The van der Waals surface area contributed by atoms with Gasteiger partial charge in [-0.05, 0) is 53.0 Å². The second-order valence-electron chi connectivity index (χ2n) is 7.61. The monoisotopic (exact) mass is 336 g/mol. The van der Waals surface area contributed by atoms with Gasteiger partial charge in [-0.2, -0.15) is 5.10 Å². The summed E-state index contributed by atoms with van der Waals surface area (Å²) in [5.74, 6) is 0. The van der Waals surface area contributed by atoms with E-state index in [-0.39, 0.29) is 5.73 Å². The third-order valence-electron chi connectivity index (χ3n) is 5.42. The zero-order valence-electron chi connectivity index (χ0n) is 15.1. The average molecular weight is 336 g/mol. The summed E-state index contributed by atoms with van der Waals surface area (Å²) in [5.41, 5.74) is -0.232. The van der Waals surface area contributed by atoms with Crippen LogP contribution in [-0.2, 0) is 14.0 Å². The van der Waals surface area contributed by atoms with E-state index in [0.717, 1.165) is 31.6 Å². The highest BCUT2D eigenvalue weighted by Crippen LogP contribution is 2.40. The van der Waals surface area contributed by atoms with Gasteiger partial charge in [-0.15, -0.1) is 0 Å². The SMILES string of the molecule is CC(=C(F)B1OC(C)(C)C(C)(C)O1)c1cnn(C2CCOCC2)c1. The molecule has 5 nitrogen and oxygen atoms in total. The first-order chi connectivity index (χ1) is 11.2. The van der Waals surface area contributed by atoms with Gasteiger partial charge in [0.05, 0.1) is 23.4 Å². The van der Waals surface area contributed by atoms with E-state index in [2.05, 4.69) is 5.10 Å². The molecule has 2 aliphatic rings. The third kappa shape index (κ3) is 3.17. The zero-order valence-corrected chi connectivity index (χ0v) is 15.1. The summed E-state index contributed by atoms with van der Waals surface area (Å²) >= 11 is 0. The number of halogens is 1. The molecule has 3 rings (SSSR count). The van der Waals surface area contributed by atoms with E-state index in [4.69, 9.17) is 14.0 Å². The quantitative estimate of drug-likeness (QED) is 0.792. The number of rotatable bonds is 3. The van der Waals surface area contributed by atoms with E-state index in [1.807, 2.05) is 38.6 Å². The van der Waals surface area contributed by atoms with Crippen molar-refractivity contribution in [2.75, 3.05) is 13.2 Å². The molecule has 0 atom stereocenters. The molecule has 0 aliphatic carbocycles. The van der Waals surface area contributed by atoms with Crippen molar-refractivity contribution in [3.05, 3.63) is 23.7 Å². The van der Waals surface area contributed by atoms with Crippen molar-refractivity contribution in [2.45, 2.75) is 64.7 Å². The highest BCUT2D eigenvalue weighted by molar-refractivity contribution is 6.55. The fourth-order valence-electron chi connectivity index (χ4n) is 2.94. The van der Waals surface area contributed by atoms with Crippen LogP contribution in [0.4, 0.5) is 4.39 Å². The molecule has 0 saturated carbocycles. The minimum absolute atomic E-state index is 0.320. The Morgan fingerprint density at radius 2 is 1.79 bits per heavy atom. The fourth-order valence-corrected chi connectivity index (χ4v) is 2.94. The summed E-state index contributed by atoms with van der Waals surface area (Å²) < 4.78 is 33.8. The Bertz CT molecular complexity index is 620. The van der Waals surface area contributed by atoms with Crippen molar-refractivity contribution >= 4 is 12.7 Å². The number of aromatic nitrogens is 2. The van der Waals surface area contributed by atoms with Gasteiger partial charge in [0.1, 0.15) is 5.73 Å². The Kier molecular flexibility index (Phi) is 4.62. The van der Waals surface area contributed by atoms with Crippen LogP contribution in [0.3, 0.4) is 0 Å². The van der Waals surface area contributed by atoms with Crippen LogP contribution in [0.1, 0.15) is 59.1 Å². The normalized spacial score (nSPS) is 25.0. The maximum Gasteiger partial charge on any atom is 0.525 e. The molecular weight excluding hydrogens is 310 g/mol. The van der Waals surface area contributed by atoms with Crippen LogP contribution >= 0.6 is 0 Å². The predicted octanol–water partition coefficient (Wildman–Crippen LogP) is 3.57. The number of ether oxygens (including phenoxy) is 1. The van der Waals surface area contributed by atoms with Crippen LogP contribution in [0.15, 0.2) is 18.1 Å². The van der Waals surface area contributed by atoms with Gasteiger partial charge in [0.25, 0.3) is 0 Å². The summed E-state index contributed by atoms with van der Waals surface area (Å²) in [4.78, 5) is 0. The Balaban J connectivity index is 1.79. The molecule has 0 aromatic carbocycles. The number of hydrogen-bond donors (Lipinski definition) is 0. The third-order valence-corrected chi connectivity index (χ3v) is 5.42. The van der Waals surface area contributed by atoms with E-state index in [9.17, 15) is 4.39 Å². The molecule has 2 fully saturated rings. The van der Waals surface area contributed by atoms with Gasteiger partial charge >= 0.3 is 7.12 Å². The van der Waals surface area contributed by atoms with Gasteiger partial charge in [0.2, 0.25) is 0 Å². The Hall–Kier alpha value is -1.18. The van der Waals surface area contributed by atoms with Crippen molar-refractivity contribution in [3.8, 4) is 0 Å². The molecule has 0 unspecified atom stereocenters. The number of nitrogens with zero attached hydrogens (tertiary/aromatic N) is 2. The molecule has 0 N–H and O–H groups in total. The molecule has 0 radical (unpaired) electrons. The summed E-state index contributed by atoms with van der Waals surface area (Å²) in [6, 6.07) is 0.320. The summed E-state index contributed by atoms with van der Waals surface area (Å²) in [6.45, 7) is 10.9. The standard InChI is InChI=1S/C17H26BFN2O3/c1-12(15(19)18-23-16(2,3)17(4,5)24-18)13-10-20-21(11-13)14-6-8-22-9-7-14/h10-11,14H,6-9H2,1-5H3. The van der Waals surface area contributed by atoms with Crippen LogP contribution in [-0.4, -0.2) is 41.3 Å². The van der Waals surface area contributed by atoms with Gasteiger partial charge in [0, 0.05) is 25.0 Å². The molecule has 1 aromatic heterocycles. The second-order valence-corrected chi connectivity index (χ2v) is 7.61. The first kappa shape index (κ1) is 17.6. The lowest BCUT2D eigenvalue weighted by Gasteiger charge is -2.32. The highest BCUT2D eigenvalue weighted by atomic mass is 19.1. The first-order valence-corrected chi connectivity index (χ1v) is 8.55. The highest BCUT2D eigenvalue weighted by Gasteiger charge is 2.53. The van der Waals surface area contributed by atoms with Crippen molar-refractivity contribution in [1.29, 1.82) is 0 Å². The first-order valence-electron chi connectivity index (χ1n) is 8.55. The molecule has 2 saturated heterocycles. The van der Waals surface area contributed by atoms with Crippen LogP contribution in [0.2, 0.25) is 0 Å². The van der Waals surface area contributed by atoms with Crippen molar-refractivity contribution < 1.29 is 18.4 Å².